The first-order valence-corrected chi connectivity index (χ1v) is 6.85. The van der Waals surface area contributed by atoms with Crippen molar-refractivity contribution in [1.29, 1.82) is 0 Å². The number of rotatable bonds is 5. The number of carbonyl (C=O) groups excluding carboxylic acids is 2. The van der Waals surface area contributed by atoms with Crippen molar-refractivity contribution in [1.82, 2.24) is 5.32 Å². The minimum Gasteiger partial charge on any atom is -0.452 e. The fourth-order valence-corrected chi connectivity index (χ4v) is 1.55. The number of ether oxygens (including phenoxy) is 1. The van der Waals surface area contributed by atoms with E-state index in [-0.39, 0.29) is 18.6 Å². The third kappa shape index (κ3) is 4.68. The van der Waals surface area contributed by atoms with Crippen LogP contribution >= 0.6 is 0 Å². The number of carbonyl (C=O) groups is 2. The summed E-state index contributed by atoms with van der Waals surface area (Å²) in [6.45, 7) is 9.63. The Morgan fingerprint density at radius 1 is 1.15 bits per heavy atom. The quantitative estimate of drug-likeness (QED) is 0.842. The van der Waals surface area contributed by atoms with E-state index in [2.05, 4.69) is 5.32 Å². The lowest BCUT2D eigenvalue weighted by Crippen LogP contribution is -2.38. The molecule has 0 aliphatic heterocycles. The van der Waals surface area contributed by atoms with Gasteiger partial charge in [0.05, 0.1) is 5.56 Å². The van der Waals surface area contributed by atoms with Crippen molar-refractivity contribution in [3.8, 4) is 0 Å². The Morgan fingerprint density at radius 2 is 1.80 bits per heavy atom. The number of hydrogen-bond acceptors (Lipinski definition) is 3. The molecule has 1 rings (SSSR count). The van der Waals surface area contributed by atoms with Crippen molar-refractivity contribution in [2.45, 2.75) is 40.7 Å². The molecule has 0 saturated heterocycles. The summed E-state index contributed by atoms with van der Waals surface area (Å²) < 4.78 is 5.01. The summed E-state index contributed by atoms with van der Waals surface area (Å²) in [5.41, 5.74) is 2.61. The molecule has 4 nitrogen and oxygen atoms in total. The Labute approximate surface area is 120 Å². The maximum absolute atomic E-state index is 11.8. The van der Waals surface area contributed by atoms with Gasteiger partial charge in [-0.3, -0.25) is 4.79 Å². The molecule has 1 atom stereocenters. The van der Waals surface area contributed by atoms with E-state index in [1.54, 1.807) is 12.1 Å². The van der Waals surface area contributed by atoms with Crippen LogP contribution in [0.3, 0.4) is 0 Å². The fourth-order valence-electron chi connectivity index (χ4n) is 1.55. The predicted octanol–water partition coefficient (Wildman–Crippen LogP) is 2.62. The van der Waals surface area contributed by atoms with E-state index in [0.717, 1.165) is 11.1 Å². The van der Waals surface area contributed by atoms with Crippen molar-refractivity contribution in [3.05, 3.63) is 34.9 Å². The van der Waals surface area contributed by atoms with Crippen molar-refractivity contribution >= 4 is 11.9 Å². The Bertz CT molecular complexity index is 494. The summed E-state index contributed by atoms with van der Waals surface area (Å²) in [6, 6.07) is 5.40. The third-order valence-electron chi connectivity index (χ3n) is 3.47. The van der Waals surface area contributed by atoms with E-state index in [0.29, 0.717) is 11.5 Å². The van der Waals surface area contributed by atoms with Gasteiger partial charge in [0.1, 0.15) is 0 Å². The number of amides is 1. The molecule has 0 fully saturated rings. The van der Waals surface area contributed by atoms with E-state index >= 15 is 0 Å². The summed E-state index contributed by atoms with van der Waals surface area (Å²) in [4.78, 5) is 23.5. The minimum absolute atomic E-state index is 0.0582. The number of nitrogens with one attached hydrogen (secondary N) is 1. The molecule has 0 aliphatic rings. The van der Waals surface area contributed by atoms with Crippen LogP contribution in [0.1, 0.15) is 42.3 Å². The van der Waals surface area contributed by atoms with Crippen LogP contribution in [0, 0.1) is 19.8 Å². The Hall–Kier alpha value is -1.84. The zero-order valence-corrected chi connectivity index (χ0v) is 12.8. The van der Waals surface area contributed by atoms with Crippen LogP contribution in [0.2, 0.25) is 0 Å². The van der Waals surface area contributed by atoms with E-state index in [4.69, 9.17) is 4.74 Å². The van der Waals surface area contributed by atoms with Crippen LogP contribution in [0.4, 0.5) is 0 Å². The lowest BCUT2D eigenvalue weighted by Gasteiger charge is -2.17. The molecule has 1 aromatic rings. The van der Waals surface area contributed by atoms with Crippen LogP contribution in [0.15, 0.2) is 18.2 Å². The molecule has 1 N–H and O–H groups in total. The highest BCUT2D eigenvalue weighted by Crippen LogP contribution is 2.10. The van der Waals surface area contributed by atoms with Crippen LogP contribution in [-0.4, -0.2) is 24.5 Å². The Morgan fingerprint density at radius 3 is 2.35 bits per heavy atom. The molecule has 1 amide bonds. The number of aryl methyl sites for hydroxylation is 2. The zero-order valence-electron chi connectivity index (χ0n) is 12.8. The first-order valence-electron chi connectivity index (χ1n) is 6.85. The fraction of sp³-hybridized carbons (Fsp3) is 0.500. The molecule has 110 valence electrons. The van der Waals surface area contributed by atoms with E-state index in [1.807, 2.05) is 40.7 Å². The largest absolute Gasteiger partial charge is 0.452 e. The van der Waals surface area contributed by atoms with Gasteiger partial charge in [-0.15, -0.1) is 0 Å². The van der Waals surface area contributed by atoms with Crippen molar-refractivity contribution in [2.24, 2.45) is 5.92 Å². The molecule has 1 aromatic carbocycles. The SMILES string of the molecule is Cc1ccc(C(=O)OCC(=O)N[C@@H](C)C(C)C)cc1C. The standard InChI is InChI=1S/C16H23NO3/c1-10(2)13(5)17-15(18)9-20-16(19)14-7-6-11(3)12(4)8-14/h6-8,10,13H,9H2,1-5H3,(H,17,18)/t13-/m0/s1. The summed E-state index contributed by atoms with van der Waals surface area (Å²) in [7, 11) is 0. The molecule has 0 bridgehead atoms. The molecule has 0 heterocycles. The second-order valence-corrected chi connectivity index (χ2v) is 5.48. The maximum atomic E-state index is 11.8. The minimum atomic E-state index is -0.472. The van der Waals surface area contributed by atoms with Gasteiger partial charge in [0.2, 0.25) is 0 Å². The monoisotopic (exact) mass is 277 g/mol. The van der Waals surface area contributed by atoms with E-state index in [1.165, 1.54) is 0 Å². The molecule has 0 aromatic heterocycles. The number of benzene rings is 1. The van der Waals surface area contributed by atoms with Gasteiger partial charge in [-0.1, -0.05) is 19.9 Å². The van der Waals surface area contributed by atoms with Gasteiger partial charge < -0.3 is 10.1 Å². The first-order chi connectivity index (χ1) is 9.31. The van der Waals surface area contributed by atoms with Gasteiger partial charge in [-0.05, 0) is 49.9 Å². The molecule has 20 heavy (non-hydrogen) atoms. The van der Waals surface area contributed by atoms with Crippen LogP contribution in [0.5, 0.6) is 0 Å². The van der Waals surface area contributed by atoms with Gasteiger partial charge in [-0.25, -0.2) is 4.79 Å². The molecule has 0 radical (unpaired) electrons. The summed E-state index contributed by atoms with van der Waals surface area (Å²) >= 11 is 0. The molecule has 0 spiro atoms. The Balaban J connectivity index is 2.51. The maximum Gasteiger partial charge on any atom is 0.338 e. The lowest BCUT2D eigenvalue weighted by molar-refractivity contribution is -0.125. The highest BCUT2D eigenvalue weighted by molar-refractivity contribution is 5.91. The summed E-state index contributed by atoms with van der Waals surface area (Å²) in [5.74, 6) is -0.404. The van der Waals surface area contributed by atoms with Gasteiger partial charge in [-0.2, -0.15) is 0 Å². The molecular formula is C16H23NO3. The van der Waals surface area contributed by atoms with Gasteiger partial charge in [0, 0.05) is 6.04 Å². The van der Waals surface area contributed by atoms with Crippen LogP contribution in [-0.2, 0) is 9.53 Å². The van der Waals surface area contributed by atoms with Crippen molar-refractivity contribution in [2.75, 3.05) is 6.61 Å². The summed E-state index contributed by atoms with van der Waals surface area (Å²) in [5, 5.41) is 2.79. The summed E-state index contributed by atoms with van der Waals surface area (Å²) in [6.07, 6.45) is 0. The molecule has 0 unspecified atom stereocenters. The van der Waals surface area contributed by atoms with Gasteiger partial charge >= 0.3 is 5.97 Å². The van der Waals surface area contributed by atoms with Crippen molar-refractivity contribution < 1.29 is 14.3 Å². The predicted molar refractivity (Wildman–Crippen MR) is 78.6 cm³/mol. The zero-order chi connectivity index (χ0) is 15.3. The molecule has 0 aliphatic carbocycles. The van der Waals surface area contributed by atoms with E-state index in [9.17, 15) is 9.59 Å². The van der Waals surface area contributed by atoms with Gasteiger partial charge in [0.25, 0.3) is 5.91 Å². The molecular weight excluding hydrogens is 254 g/mol. The van der Waals surface area contributed by atoms with E-state index < -0.39 is 5.97 Å². The first kappa shape index (κ1) is 16.2. The van der Waals surface area contributed by atoms with Crippen LogP contribution < -0.4 is 5.32 Å². The second-order valence-electron chi connectivity index (χ2n) is 5.48. The van der Waals surface area contributed by atoms with Crippen LogP contribution in [0.25, 0.3) is 0 Å². The molecule has 4 heteroatoms. The van der Waals surface area contributed by atoms with Gasteiger partial charge in [0.15, 0.2) is 6.61 Å². The third-order valence-corrected chi connectivity index (χ3v) is 3.47. The smallest absolute Gasteiger partial charge is 0.338 e. The highest BCUT2D eigenvalue weighted by atomic mass is 16.5. The topological polar surface area (TPSA) is 55.4 Å². The van der Waals surface area contributed by atoms with Crippen molar-refractivity contribution in [3.63, 3.8) is 0 Å². The number of esters is 1. The lowest BCUT2D eigenvalue weighted by atomic mass is 10.1. The average molecular weight is 277 g/mol. The normalized spacial score (nSPS) is 12.1. The molecule has 0 saturated carbocycles. The Kier molecular flexibility index (Phi) is 5.74. The highest BCUT2D eigenvalue weighted by Gasteiger charge is 2.14. The number of hydrogen-bond donors (Lipinski definition) is 1. The second kappa shape index (κ2) is 7.08. The average Bonchev–Trinajstić information content (AvgIpc) is 2.39.